The highest BCUT2D eigenvalue weighted by Gasteiger charge is 2.36. The van der Waals surface area contributed by atoms with Crippen LogP contribution in [0.2, 0.25) is 0 Å². The summed E-state index contributed by atoms with van der Waals surface area (Å²) in [7, 11) is 0. The van der Waals surface area contributed by atoms with E-state index in [1.807, 2.05) is 36.4 Å². The topological polar surface area (TPSA) is 70.4 Å². The Morgan fingerprint density at radius 2 is 2.04 bits per heavy atom. The molecule has 2 amide bonds. The Bertz CT molecular complexity index is 853. The predicted molar refractivity (Wildman–Crippen MR) is 92.3 cm³/mol. The van der Waals surface area contributed by atoms with Crippen molar-refractivity contribution in [1.82, 2.24) is 4.90 Å². The van der Waals surface area contributed by atoms with Gasteiger partial charge in [0.1, 0.15) is 6.61 Å². The van der Waals surface area contributed by atoms with Gasteiger partial charge in [0, 0.05) is 6.08 Å². The van der Waals surface area contributed by atoms with Crippen LogP contribution < -0.4 is 0 Å². The average Bonchev–Trinajstić information content (AvgIpc) is 3.01. The van der Waals surface area contributed by atoms with Crippen molar-refractivity contribution in [3.8, 4) is 6.07 Å². The summed E-state index contributed by atoms with van der Waals surface area (Å²) in [6, 6.07) is 18.3. The van der Waals surface area contributed by atoms with Gasteiger partial charge in [-0.2, -0.15) is 5.26 Å². The molecule has 1 aliphatic heterocycles. The molecule has 1 saturated heterocycles. The lowest BCUT2D eigenvalue weighted by molar-refractivity contribution is -0.124. The number of amides is 2. The van der Waals surface area contributed by atoms with E-state index in [-0.39, 0.29) is 12.6 Å². The monoisotopic (exact) mass is 332 g/mol. The Kier molecular flexibility index (Phi) is 4.91. The van der Waals surface area contributed by atoms with Crippen molar-refractivity contribution in [1.29, 1.82) is 5.26 Å². The summed E-state index contributed by atoms with van der Waals surface area (Å²) in [6.45, 7) is 0.192. The van der Waals surface area contributed by atoms with E-state index in [2.05, 4.69) is 0 Å². The molecule has 2 aromatic rings. The van der Waals surface area contributed by atoms with Gasteiger partial charge in [0.2, 0.25) is 0 Å². The third-order valence-corrected chi connectivity index (χ3v) is 3.95. The van der Waals surface area contributed by atoms with Gasteiger partial charge >= 0.3 is 6.09 Å². The van der Waals surface area contributed by atoms with Crippen molar-refractivity contribution in [2.75, 3.05) is 6.61 Å². The average molecular weight is 332 g/mol. The van der Waals surface area contributed by atoms with E-state index in [9.17, 15) is 9.59 Å². The number of cyclic esters (lactones) is 1. The largest absolute Gasteiger partial charge is 0.447 e. The summed E-state index contributed by atoms with van der Waals surface area (Å²) in [4.78, 5) is 25.5. The maximum absolute atomic E-state index is 12.5. The fourth-order valence-corrected chi connectivity index (χ4v) is 2.73. The standard InChI is InChI=1S/C20H16N2O3/c21-13-17-8-4-7-16(11-17)9-10-19(23)22-18(14-25-20(22)24)12-15-5-2-1-3-6-15/h1-11,18H,12,14H2/b10-9+/t18-/m0/s1. The summed E-state index contributed by atoms with van der Waals surface area (Å²) in [6.07, 6.45) is 2.85. The molecule has 0 aromatic heterocycles. The van der Waals surface area contributed by atoms with Gasteiger partial charge in [0.15, 0.2) is 0 Å². The Hall–Kier alpha value is -3.39. The lowest BCUT2D eigenvalue weighted by Gasteiger charge is -2.18. The number of imide groups is 1. The molecule has 2 aromatic carbocycles. The number of ether oxygens (including phenoxy) is 1. The number of rotatable bonds is 4. The Morgan fingerprint density at radius 1 is 1.24 bits per heavy atom. The molecular weight excluding hydrogens is 316 g/mol. The van der Waals surface area contributed by atoms with Crippen molar-refractivity contribution in [2.45, 2.75) is 12.5 Å². The van der Waals surface area contributed by atoms with Gasteiger partial charge in [-0.25, -0.2) is 9.69 Å². The number of nitrogens with zero attached hydrogens (tertiary/aromatic N) is 2. The minimum Gasteiger partial charge on any atom is -0.447 e. The van der Waals surface area contributed by atoms with E-state index < -0.39 is 12.0 Å². The molecule has 1 heterocycles. The number of benzene rings is 2. The minimum absolute atomic E-state index is 0.192. The van der Waals surface area contributed by atoms with Crippen molar-refractivity contribution < 1.29 is 14.3 Å². The van der Waals surface area contributed by atoms with E-state index in [1.54, 1.807) is 30.3 Å². The molecular formula is C20H16N2O3. The Morgan fingerprint density at radius 3 is 2.80 bits per heavy atom. The highest BCUT2D eigenvalue weighted by Crippen LogP contribution is 2.18. The number of carbonyl (C=O) groups is 2. The Labute approximate surface area is 145 Å². The van der Waals surface area contributed by atoms with Gasteiger partial charge in [0.25, 0.3) is 5.91 Å². The highest BCUT2D eigenvalue weighted by molar-refractivity contribution is 6.02. The molecule has 1 aliphatic rings. The molecule has 0 bridgehead atoms. The summed E-state index contributed by atoms with van der Waals surface area (Å²) in [5.41, 5.74) is 2.27. The van der Waals surface area contributed by atoms with Crippen molar-refractivity contribution >= 4 is 18.1 Å². The van der Waals surface area contributed by atoms with Crippen molar-refractivity contribution in [2.24, 2.45) is 0 Å². The van der Waals surface area contributed by atoms with E-state index in [4.69, 9.17) is 10.00 Å². The normalized spacial score (nSPS) is 16.7. The van der Waals surface area contributed by atoms with Crippen molar-refractivity contribution in [3.05, 3.63) is 77.4 Å². The van der Waals surface area contributed by atoms with Gasteiger partial charge in [-0.15, -0.1) is 0 Å². The molecule has 0 radical (unpaired) electrons. The summed E-state index contributed by atoms with van der Waals surface area (Å²) in [5.74, 6) is -0.425. The van der Waals surface area contributed by atoms with E-state index in [0.29, 0.717) is 12.0 Å². The van der Waals surface area contributed by atoms with Crippen LogP contribution >= 0.6 is 0 Å². The van der Waals surface area contributed by atoms with Crippen LogP contribution in [0, 0.1) is 11.3 Å². The molecule has 0 saturated carbocycles. The van der Waals surface area contributed by atoms with Crippen LogP contribution in [-0.4, -0.2) is 29.5 Å². The van der Waals surface area contributed by atoms with Crippen LogP contribution in [0.3, 0.4) is 0 Å². The molecule has 124 valence electrons. The minimum atomic E-state index is -0.624. The second-order valence-electron chi connectivity index (χ2n) is 5.70. The zero-order chi connectivity index (χ0) is 17.6. The molecule has 1 fully saturated rings. The number of hydrogen-bond donors (Lipinski definition) is 0. The molecule has 5 nitrogen and oxygen atoms in total. The number of nitriles is 1. The van der Waals surface area contributed by atoms with Gasteiger partial charge in [-0.1, -0.05) is 42.5 Å². The first-order valence-electron chi connectivity index (χ1n) is 7.89. The molecule has 5 heteroatoms. The molecule has 0 N–H and O–H groups in total. The SMILES string of the molecule is N#Cc1cccc(/C=C/C(=O)N2C(=O)OC[C@@H]2Cc2ccccc2)c1. The quantitative estimate of drug-likeness (QED) is 0.806. The summed E-state index contributed by atoms with van der Waals surface area (Å²) in [5, 5.41) is 8.91. The fourth-order valence-electron chi connectivity index (χ4n) is 2.73. The van der Waals surface area contributed by atoms with E-state index >= 15 is 0 Å². The highest BCUT2D eigenvalue weighted by atomic mass is 16.6. The lowest BCUT2D eigenvalue weighted by Crippen LogP contribution is -2.39. The van der Waals surface area contributed by atoms with Crippen LogP contribution in [0.15, 0.2) is 60.7 Å². The third-order valence-electron chi connectivity index (χ3n) is 3.95. The third kappa shape index (κ3) is 3.93. The molecule has 0 spiro atoms. The molecule has 1 atom stereocenters. The van der Waals surface area contributed by atoms with Crippen LogP contribution in [-0.2, 0) is 16.0 Å². The molecule has 0 unspecified atom stereocenters. The first-order chi connectivity index (χ1) is 12.2. The summed E-state index contributed by atoms with van der Waals surface area (Å²) >= 11 is 0. The second-order valence-corrected chi connectivity index (χ2v) is 5.70. The van der Waals surface area contributed by atoms with Crippen LogP contribution in [0.5, 0.6) is 0 Å². The maximum atomic E-state index is 12.5. The summed E-state index contributed by atoms with van der Waals surface area (Å²) < 4.78 is 5.05. The van der Waals surface area contributed by atoms with Crippen LogP contribution in [0.4, 0.5) is 4.79 Å². The number of hydrogen-bond acceptors (Lipinski definition) is 4. The smallest absolute Gasteiger partial charge is 0.417 e. The van der Waals surface area contributed by atoms with Gasteiger partial charge < -0.3 is 4.74 Å². The van der Waals surface area contributed by atoms with Gasteiger partial charge in [-0.05, 0) is 35.8 Å². The van der Waals surface area contributed by atoms with Gasteiger partial charge in [0.05, 0.1) is 17.7 Å². The first kappa shape index (κ1) is 16.5. The fraction of sp³-hybridized carbons (Fsp3) is 0.150. The van der Waals surface area contributed by atoms with Gasteiger partial charge in [-0.3, -0.25) is 4.79 Å². The molecule has 0 aliphatic carbocycles. The van der Waals surface area contributed by atoms with Crippen molar-refractivity contribution in [3.63, 3.8) is 0 Å². The maximum Gasteiger partial charge on any atom is 0.417 e. The Balaban J connectivity index is 1.73. The predicted octanol–water partition coefficient (Wildman–Crippen LogP) is 3.16. The first-order valence-corrected chi connectivity index (χ1v) is 7.89. The molecule has 25 heavy (non-hydrogen) atoms. The lowest BCUT2D eigenvalue weighted by atomic mass is 10.1. The molecule has 3 rings (SSSR count). The van der Waals surface area contributed by atoms with Crippen LogP contribution in [0.25, 0.3) is 6.08 Å². The van der Waals surface area contributed by atoms with E-state index in [0.717, 1.165) is 16.0 Å². The van der Waals surface area contributed by atoms with Crippen LogP contribution in [0.1, 0.15) is 16.7 Å². The van der Waals surface area contributed by atoms with E-state index in [1.165, 1.54) is 6.08 Å². The number of carbonyl (C=O) groups excluding carboxylic acids is 2. The zero-order valence-electron chi connectivity index (χ0n) is 13.5. The second kappa shape index (κ2) is 7.45. The zero-order valence-corrected chi connectivity index (χ0v) is 13.5.